The second-order valence-corrected chi connectivity index (χ2v) is 6.54. The van der Waals surface area contributed by atoms with Crippen molar-refractivity contribution in [2.75, 3.05) is 13.1 Å². The highest BCUT2D eigenvalue weighted by molar-refractivity contribution is 9.10. The topological polar surface area (TPSA) is 57.6 Å². The van der Waals surface area contributed by atoms with Gasteiger partial charge in [0.05, 0.1) is 11.8 Å². The van der Waals surface area contributed by atoms with Crippen molar-refractivity contribution in [3.8, 4) is 0 Å². The first-order valence-electron chi connectivity index (χ1n) is 5.95. The van der Waals surface area contributed by atoms with Crippen molar-refractivity contribution in [2.45, 2.75) is 13.1 Å². The van der Waals surface area contributed by atoms with Gasteiger partial charge in [-0.3, -0.25) is 9.59 Å². The molecule has 4 nitrogen and oxygen atoms in total. The molecule has 0 aliphatic carbocycles. The van der Waals surface area contributed by atoms with Crippen LogP contribution in [0.5, 0.6) is 0 Å². The van der Waals surface area contributed by atoms with Crippen LogP contribution in [0.2, 0.25) is 0 Å². The number of carbonyl (C=O) groups is 2. The Hall–Kier alpha value is -1.09. The molecule has 0 radical (unpaired) electrons. The van der Waals surface area contributed by atoms with Gasteiger partial charge in [0.1, 0.15) is 4.88 Å². The molecule has 0 bridgehead atoms. The van der Waals surface area contributed by atoms with E-state index in [9.17, 15) is 22.8 Å². The van der Waals surface area contributed by atoms with E-state index < -0.39 is 43.0 Å². The third kappa shape index (κ3) is 3.08. The summed E-state index contributed by atoms with van der Waals surface area (Å²) in [5.74, 6) is -5.75. The Morgan fingerprint density at radius 1 is 1.43 bits per heavy atom. The van der Waals surface area contributed by atoms with Crippen molar-refractivity contribution >= 4 is 39.1 Å². The van der Waals surface area contributed by atoms with Crippen molar-refractivity contribution < 1.29 is 27.9 Å². The number of likely N-dealkylation sites (tertiary alicyclic amines) is 1. The fraction of sp³-hybridized carbons (Fsp3) is 0.500. The van der Waals surface area contributed by atoms with Crippen LogP contribution >= 0.6 is 27.3 Å². The number of aryl methyl sites for hydroxylation is 1. The highest BCUT2D eigenvalue weighted by Crippen LogP contribution is 2.39. The van der Waals surface area contributed by atoms with E-state index in [2.05, 4.69) is 15.9 Å². The maximum atomic E-state index is 12.9. The molecule has 0 unspecified atom stereocenters. The maximum Gasteiger partial charge on any atom is 0.394 e. The number of aliphatic carboxylic acids is 1. The van der Waals surface area contributed by atoms with Crippen molar-refractivity contribution in [3.05, 3.63) is 20.3 Å². The first-order valence-corrected chi connectivity index (χ1v) is 7.62. The van der Waals surface area contributed by atoms with Gasteiger partial charge in [0.15, 0.2) is 0 Å². The predicted octanol–water partition coefficient (Wildman–Crippen LogP) is 3.15. The summed E-state index contributed by atoms with van der Waals surface area (Å²) in [4.78, 5) is 24.5. The average molecular weight is 386 g/mol. The molecule has 2 heterocycles. The minimum atomic E-state index is -4.64. The molecular formula is C12H11BrF3NO3S. The van der Waals surface area contributed by atoms with E-state index in [1.165, 1.54) is 0 Å². The molecule has 1 aromatic rings. The van der Waals surface area contributed by atoms with E-state index in [1.807, 2.05) is 0 Å². The van der Waals surface area contributed by atoms with E-state index >= 15 is 0 Å². The monoisotopic (exact) mass is 385 g/mol. The van der Waals surface area contributed by atoms with E-state index in [0.717, 1.165) is 21.8 Å². The average Bonchev–Trinajstić information content (AvgIpc) is 2.94. The van der Waals surface area contributed by atoms with Crippen molar-refractivity contribution in [2.24, 2.45) is 11.8 Å². The number of hydrogen-bond donors (Lipinski definition) is 1. The fourth-order valence-electron chi connectivity index (χ4n) is 2.27. The lowest BCUT2D eigenvalue weighted by Crippen LogP contribution is -2.34. The summed E-state index contributed by atoms with van der Waals surface area (Å²) in [5.41, 5.74) is 0.810. The number of carbonyl (C=O) groups excluding carboxylic acids is 1. The molecule has 1 fully saturated rings. The maximum absolute atomic E-state index is 12.9. The molecule has 1 aliphatic heterocycles. The van der Waals surface area contributed by atoms with E-state index in [4.69, 9.17) is 5.11 Å². The minimum absolute atomic E-state index is 0.291. The highest BCUT2D eigenvalue weighted by atomic mass is 79.9. The summed E-state index contributed by atoms with van der Waals surface area (Å²) in [5, 5.41) is 10.6. The highest BCUT2D eigenvalue weighted by Gasteiger charge is 2.53. The standard InChI is InChI=1S/C12H11BrF3NO3S/c1-5-4-21-9(8(5)13)10(18)17-2-6(11(19)20)7(3-17)12(14,15)16/h4,6-7H,2-3H2,1H3,(H,19,20)/t6-,7-/m1/s1. The first-order chi connectivity index (χ1) is 9.62. The molecule has 2 rings (SSSR count). The molecular weight excluding hydrogens is 375 g/mol. The molecule has 0 saturated carbocycles. The van der Waals surface area contributed by atoms with Gasteiger partial charge in [-0.05, 0) is 33.8 Å². The van der Waals surface area contributed by atoms with Crippen LogP contribution in [0.15, 0.2) is 9.85 Å². The predicted molar refractivity (Wildman–Crippen MR) is 73.3 cm³/mol. The Labute approximate surface area is 130 Å². The molecule has 9 heteroatoms. The number of halogens is 4. The van der Waals surface area contributed by atoms with Gasteiger partial charge in [0.25, 0.3) is 5.91 Å². The second-order valence-electron chi connectivity index (χ2n) is 4.86. The van der Waals surface area contributed by atoms with Crippen molar-refractivity contribution in [3.63, 3.8) is 0 Å². The molecule has 1 saturated heterocycles. The van der Waals surface area contributed by atoms with E-state index in [-0.39, 0.29) is 0 Å². The Balaban J connectivity index is 2.25. The molecule has 0 aromatic carbocycles. The molecule has 1 N–H and O–H groups in total. The van der Waals surface area contributed by atoms with Crippen molar-refractivity contribution in [1.82, 2.24) is 4.90 Å². The van der Waals surface area contributed by atoms with Gasteiger partial charge in [-0.1, -0.05) is 0 Å². The number of carboxylic acid groups (broad SMARTS) is 1. The third-order valence-electron chi connectivity index (χ3n) is 3.44. The Kier molecular flexibility index (Phi) is 4.34. The molecule has 2 atom stereocenters. The smallest absolute Gasteiger partial charge is 0.394 e. The molecule has 1 aliphatic rings. The number of alkyl halides is 3. The van der Waals surface area contributed by atoms with Crippen molar-refractivity contribution in [1.29, 1.82) is 0 Å². The Morgan fingerprint density at radius 3 is 2.43 bits per heavy atom. The van der Waals surface area contributed by atoms with Gasteiger partial charge in [0, 0.05) is 17.6 Å². The zero-order valence-corrected chi connectivity index (χ0v) is 13.2. The van der Waals surface area contributed by atoms with Crippen LogP contribution in [0.4, 0.5) is 13.2 Å². The zero-order valence-electron chi connectivity index (χ0n) is 10.8. The molecule has 1 amide bonds. The summed E-state index contributed by atoms with van der Waals surface area (Å²) < 4.78 is 39.2. The summed E-state index contributed by atoms with van der Waals surface area (Å²) in [6, 6.07) is 0. The van der Waals surface area contributed by atoms with Gasteiger partial charge < -0.3 is 10.0 Å². The largest absolute Gasteiger partial charge is 0.481 e. The van der Waals surface area contributed by atoms with Crippen LogP contribution in [0, 0.1) is 18.8 Å². The number of rotatable bonds is 2. The van der Waals surface area contributed by atoms with Crippen LogP contribution in [0.1, 0.15) is 15.2 Å². The van der Waals surface area contributed by atoms with Gasteiger partial charge in [-0.15, -0.1) is 11.3 Å². The summed E-state index contributed by atoms with van der Waals surface area (Å²) in [6.07, 6.45) is -4.64. The molecule has 1 aromatic heterocycles. The lowest BCUT2D eigenvalue weighted by molar-refractivity contribution is -0.187. The fourth-order valence-corrected chi connectivity index (χ4v) is 3.89. The molecule has 116 valence electrons. The number of hydrogen-bond acceptors (Lipinski definition) is 3. The molecule has 0 spiro atoms. The summed E-state index contributed by atoms with van der Waals surface area (Å²) in [7, 11) is 0. The number of amides is 1. The minimum Gasteiger partial charge on any atom is -0.481 e. The zero-order chi connectivity index (χ0) is 15.9. The quantitative estimate of drug-likeness (QED) is 0.850. The lowest BCUT2D eigenvalue weighted by atomic mass is 9.96. The number of nitrogens with zero attached hydrogens (tertiary/aromatic N) is 1. The molecule has 21 heavy (non-hydrogen) atoms. The first kappa shape index (κ1) is 16.3. The second kappa shape index (κ2) is 5.60. The van der Waals surface area contributed by atoms with Crippen LogP contribution in [0.3, 0.4) is 0 Å². The van der Waals surface area contributed by atoms with Gasteiger partial charge >= 0.3 is 12.1 Å². The van der Waals surface area contributed by atoms with E-state index in [1.54, 1.807) is 12.3 Å². The van der Waals surface area contributed by atoms with Gasteiger partial charge in [-0.2, -0.15) is 13.2 Å². The van der Waals surface area contributed by atoms with Gasteiger partial charge in [0.2, 0.25) is 0 Å². The van der Waals surface area contributed by atoms with E-state index in [0.29, 0.717) is 9.35 Å². The van der Waals surface area contributed by atoms with Crippen LogP contribution in [-0.2, 0) is 4.79 Å². The summed E-state index contributed by atoms with van der Waals surface area (Å²) >= 11 is 4.34. The van der Waals surface area contributed by atoms with Crippen LogP contribution < -0.4 is 0 Å². The third-order valence-corrected chi connectivity index (χ3v) is 5.81. The Morgan fingerprint density at radius 2 is 2.05 bits per heavy atom. The summed E-state index contributed by atoms with van der Waals surface area (Å²) in [6.45, 7) is 0.713. The number of carboxylic acids is 1. The van der Waals surface area contributed by atoms with Crippen LogP contribution in [0.25, 0.3) is 0 Å². The van der Waals surface area contributed by atoms with Gasteiger partial charge in [-0.25, -0.2) is 0 Å². The van der Waals surface area contributed by atoms with Crippen LogP contribution in [-0.4, -0.2) is 41.1 Å². The normalized spacial score (nSPS) is 22.6. The SMILES string of the molecule is Cc1csc(C(=O)N2C[C@@H](C(F)(F)F)[C@H](C(=O)O)C2)c1Br. The number of thiophene rings is 1. The Bertz CT molecular complexity index is 587. The lowest BCUT2D eigenvalue weighted by Gasteiger charge is -2.18.